The molecular formula is C18H20N6O2. The van der Waals surface area contributed by atoms with Gasteiger partial charge in [0.1, 0.15) is 6.04 Å². The second-order valence-corrected chi connectivity index (χ2v) is 6.13. The van der Waals surface area contributed by atoms with Crippen LogP contribution in [0.5, 0.6) is 0 Å². The van der Waals surface area contributed by atoms with E-state index in [9.17, 15) is 4.79 Å². The van der Waals surface area contributed by atoms with Crippen LogP contribution in [0.3, 0.4) is 0 Å². The van der Waals surface area contributed by atoms with Gasteiger partial charge in [-0.2, -0.15) is 5.10 Å². The van der Waals surface area contributed by atoms with E-state index in [2.05, 4.69) is 30.4 Å². The van der Waals surface area contributed by atoms with Crippen LogP contribution in [-0.2, 0) is 16.1 Å². The topological polar surface area (TPSA) is 96.0 Å². The predicted octanol–water partition coefficient (Wildman–Crippen LogP) is 1.04. The van der Waals surface area contributed by atoms with Crippen LogP contribution < -0.4 is 5.32 Å². The fourth-order valence-corrected chi connectivity index (χ4v) is 3.21. The van der Waals surface area contributed by atoms with Crippen molar-refractivity contribution in [1.82, 2.24) is 30.4 Å². The molecule has 1 aliphatic rings. The number of ether oxygens (including phenoxy) is 1. The molecule has 2 N–H and O–H groups in total. The van der Waals surface area contributed by atoms with Gasteiger partial charge in [-0.25, -0.2) is 4.98 Å². The number of carbonyl (C=O) groups excluding carboxylic acids is 1. The Morgan fingerprint density at radius 2 is 2.12 bits per heavy atom. The van der Waals surface area contributed by atoms with Crippen LogP contribution in [0.2, 0.25) is 0 Å². The van der Waals surface area contributed by atoms with Crippen molar-refractivity contribution in [2.45, 2.75) is 12.6 Å². The first-order valence-electron chi connectivity index (χ1n) is 8.60. The number of morpholine rings is 1. The summed E-state index contributed by atoms with van der Waals surface area (Å²) in [5.41, 5.74) is 2.37. The first-order valence-corrected chi connectivity index (χ1v) is 8.60. The summed E-state index contributed by atoms with van der Waals surface area (Å²) in [5, 5.41) is 11.1. The Labute approximate surface area is 150 Å². The zero-order valence-corrected chi connectivity index (χ0v) is 14.3. The lowest BCUT2D eigenvalue weighted by Gasteiger charge is -2.33. The second kappa shape index (κ2) is 7.59. The van der Waals surface area contributed by atoms with Gasteiger partial charge in [-0.05, 0) is 23.8 Å². The molecule has 0 saturated carbocycles. The molecule has 1 amide bonds. The fraction of sp³-hybridized carbons (Fsp3) is 0.333. The summed E-state index contributed by atoms with van der Waals surface area (Å²) in [6.45, 7) is 3.04. The summed E-state index contributed by atoms with van der Waals surface area (Å²) in [6, 6.07) is 7.19. The minimum atomic E-state index is -0.389. The number of amides is 1. The van der Waals surface area contributed by atoms with Gasteiger partial charge in [0.2, 0.25) is 5.91 Å². The highest BCUT2D eigenvalue weighted by atomic mass is 16.5. The van der Waals surface area contributed by atoms with Crippen LogP contribution in [0.25, 0.3) is 11.0 Å². The molecule has 1 saturated heterocycles. The van der Waals surface area contributed by atoms with Gasteiger partial charge in [0.05, 0.1) is 25.5 Å². The number of rotatable bonds is 5. The smallest absolute Gasteiger partial charge is 0.242 e. The van der Waals surface area contributed by atoms with Gasteiger partial charge in [-0.3, -0.25) is 19.8 Å². The van der Waals surface area contributed by atoms with Gasteiger partial charge in [0, 0.05) is 37.1 Å². The van der Waals surface area contributed by atoms with Crippen molar-refractivity contribution >= 4 is 16.9 Å². The summed E-state index contributed by atoms with van der Waals surface area (Å²) in [7, 11) is 0. The molecule has 8 heteroatoms. The third kappa shape index (κ3) is 3.42. The zero-order chi connectivity index (χ0) is 17.8. The molecule has 0 spiro atoms. The Morgan fingerprint density at radius 3 is 2.92 bits per heavy atom. The van der Waals surface area contributed by atoms with Crippen LogP contribution in [-0.4, -0.2) is 57.3 Å². The predicted molar refractivity (Wildman–Crippen MR) is 95.1 cm³/mol. The molecule has 1 fully saturated rings. The molecule has 4 heterocycles. The van der Waals surface area contributed by atoms with E-state index in [1.165, 1.54) is 0 Å². The maximum absolute atomic E-state index is 13.0. The number of aromatic amines is 1. The lowest BCUT2D eigenvalue weighted by Crippen LogP contribution is -2.45. The quantitative estimate of drug-likeness (QED) is 0.712. The largest absolute Gasteiger partial charge is 0.379 e. The molecule has 3 aromatic heterocycles. The van der Waals surface area contributed by atoms with Crippen molar-refractivity contribution in [3.63, 3.8) is 0 Å². The Balaban J connectivity index is 1.52. The molecule has 0 radical (unpaired) electrons. The molecular weight excluding hydrogens is 332 g/mol. The summed E-state index contributed by atoms with van der Waals surface area (Å²) < 4.78 is 5.42. The standard InChI is InChI=1S/C18H20N6O2/c25-18(21-12-15-14-4-2-6-20-17(14)23-22-15)16(13-3-1-5-19-11-13)24-7-9-26-10-8-24/h1-6,11,16H,7-10,12H2,(H,21,25)(H,20,22,23). The Morgan fingerprint density at radius 1 is 1.27 bits per heavy atom. The van der Waals surface area contributed by atoms with Gasteiger partial charge in [0.15, 0.2) is 5.65 Å². The Kier molecular flexibility index (Phi) is 4.85. The van der Waals surface area contributed by atoms with Gasteiger partial charge in [-0.1, -0.05) is 6.07 Å². The summed E-state index contributed by atoms with van der Waals surface area (Å²) in [5.74, 6) is -0.0634. The van der Waals surface area contributed by atoms with Crippen LogP contribution in [0.4, 0.5) is 0 Å². The van der Waals surface area contributed by atoms with Gasteiger partial charge in [0.25, 0.3) is 0 Å². The summed E-state index contributed by atoms with van der Waals surface area (Å²) in [4.78, 5) is 23.5. The second-order valence-electron chi connectivity index (χ2n) is 6.13. The zero-order valence-electron chi connectivity index (χ0n) is 14.3. The molecule has 26 heavy (non-hydrogen) atoms. The van der Waals surface area contributed by atoms with E-state index < -0.39 is 0 Å². The molecule has 0 bridgehead atoms. The number of fused-ring (bicyclic) bond motifs is 1. The molecule has 0 aliphatic carbocycles. The minimum absolute atomic E-state index is 0.0634. The van der Waals surface area contributed by atoms with E-state index in [0.29, 0.717) is 38.5 Å². The van der Waals surface area contributed by atoms with Gasteiger partial charge >= 0.3 is 0 Å². The molecule has 134 valence electrons. The molecule has 1 atom stereocenters. The van der Waals surface area contributed by atoms with Crippen LogP contribution >= 0.6 is 0 Å². The van der Waals surface area contributed by atoms with Crippen molar-refractivity contribution in [2.24, 2.45) is 0 Å². The highest BCUT2D eigenvalue weighted by molar-refractivity contribution is 5.84. The number of carbonyl (C=O) groups is 1. The highest BCUT2D eigenvalue weighted by Crippen LogP contribution is 2.22. The van der Waals surface area contributed by atoms with E-state index >= 15 is 0 Å². The number of aromatic nitrogens is 4. The maximum Gasteiger partial charge on any atom is 0.242 e. The average molecular weight is 352 g/mol. The number of hydrogen-bond donors (Lipinski definition) is 2. The number of hydrogen-bond acceptors (Lipinski definition) is 6. The van der Waals surface area contributed by atoms with E-state index in [1.54, 1.807) is 18.6 Å². The van der Waals surface area contributed by atoms with Gasteiger partial charge < -0.3 is 10.1 Å². The van der Waals surface area contributed by atoms with E-state index in [1.807, 2.05) is 24.3 Å². The first kappa shape index (κ1) is 16.6. The normalized spacial score (nSPS) is 16.5. The van der Waals surface area contributed by atoms with E-state index in [0.717, 1.165) is 16.6 Å². The summed E-state index contributed by atoms with van der Waals surface area (Å²) >= 11 is 0. The third-order valence-electron chi connectivity index (χ3n) is 4.51. The van der Waals surface area contributed by atoms with Crippen molar-refractivity contribution in [2.75, 3.05) is 26.3 Å². The number of H-pyrrole nitrogens is 1. The summed E-state index contributed by atoms with van der Waals surface area (Å²) in [6.07, 6.45) is 5.15. The van der Waals surface area contributed by atoms with Crippen LogP contribution in [0.1, 0.15) is 17.3 Å². The number of pyridine rings is 2. The Bertz CT molecular complexity index is 876. The monoisotopic (exact) mass is 352 g/mol. The molecule has 8 nitrogen and oxygen atoms in total. The van der Waals surface area contributed by atoms with Crippen molar-refractivity contribution in [3.05, 3.63) is 54.1 Å². The fourth-order valence-electron chi connectivity index (χ4n) is 3.21. The number of nitrogens with one attached hydrogen (secondary N) is 2. The van der Waals surface area contributed by atoms with E-state index in [4.69, 9.17) is 4.74 Å². The Hall–Kier alpha value is -2.84. The average Bonchev–Trinajstić information content (AvgIpc) is 3.11. The molecule has 1 unspecified atom stereocenters. The molecule has 0 aromatic carbocycles. The lowest BCUT2D eigenvalue weighted by atomic mass is 10.1. The third-order valence-corrected chi connectivity index (χ3v) is 4.51. The number of nitrogens with zero attached hydrogens (tertiary/aromatic N) is 4. The SMILES string of the molecule is O=C(NCc1[nH]nc2ncccc12)C(c1cccnc1)N1CCOCC1. The lowest BCUT2D eigenvalue weighted by molar-refractivity contribution is -0.128. The minimum Gasteiger partial charge on any atom is -0.379 e. The van der Waals surface area contributed by atoms with Crippen molar-refractivity contribution in [3.8, 4) is 0 Å². The molecule has 3 aromatic rings. The van der Waals surface area contributed by atoms with E-state index in [-0.39, 0.29) is 11.9 Å². The van der Waals surface area contributed by atoms with Crippen LogP contribution in [0.15, 0.2) is 42.9 Å². The van der Waals surface area contributed by atoms with Crippen molar-refractivity contribution < 1.29 is 9.53 Å². The van der Waals surface area contributed by atoms with Crippen molar-refractivity contribution in [1.29, 1.82) is 0 Å². The highest BCUT2D eigenvalue weighted by Gasteiger charge is 2.29. The van der Waals surface area contributed by atoms with Crippen LogP contribution in [0, 0.1) is 0 Å². The van der Waals surface area contributed by atoms with Gasteiger partial charge in [-0.15, -0.1) is 0 Å². The maximum atomic E-state index is 13.0. The molecule has 1 aliphatic heterocycles. The molecule has 4 rings (SSSR count). The first-order chi connectivity index (χ1) is 12.8.